The SMILES string of the molecule is Cc1cc(C(=O)NC2CCN(C)CC2)cc(-c2ccc(CC(NC(=O)C3CCC(CN)CC3)C(=O)Nc3ccc(-c4nn[nH]n4)cc3)cc2)c1C. The van der Waals surface area contributed by atoms with Crippen molar-refractivity contribution in [3.05, 3.63) is 82.9 Å². The van der Waals surface area contributed by atoms with Gasteiger partial charge in [-0.1, -0.05) is 24.3 Å². The highest BCUT2D eigenvalue weighted by atomic mass is 16.2. The van der Waals surface area contributed by atoms with E-state index in [1.54, 1.807) is 24.3 Å². The number of aromatic amines is 1. The summed E-state index contributed by atoms with van der Waals surface area (Å²) in [6.45, 7) is 6.70. The number of likely N-dealkylation sites (tertiary alicyclic amines) is 1. The fraction of sp³-hybridized carbons (Fsp3) is 0.436. The minimum Gasteiger partial charge on any atom is -0.349 e. The van der Waals surface area contributed by atoms with E-state index < -0.39 is 6.04 Å². The first-order valence-electron chi connectivity index (χ1n) is 18.0. The highest BCUT2D eigenvalue weighted by Crippen LogP contribution is 2.30. The first kappa shape index (κ1) is 35.9. The van der Waals surface area contributed by atoms with E-state index in [1.165, 1.54) is 0 Å². The third-order valence-corrected chi connectivity index (χ3v) is 10.6. The van der Waals surface area contributed by atoms with Crippen LogP contribution in [-0.2, 0) is 16.0 Å². The second kappa shape index (κ2) is 16.4. The molecule has 51 heavy (non-hydrogen) atoms. The number of aromatic nitrogens is 4. The average Bonchev–Trinajstić information content (AvgIpc) is 3.69. The Labute approximate surface area is 299 Å². The molecule has 2 aliphatic rings. The lowest BCUT2D eigenvalue weighted by Gasteiger charge is -2.29. The molecule has 2 fully saturated rings. The lowest BCUT2D eigenvalue weighted by molar-refractivity contribution is -0.130. The summed E-state index contributed by atoms with van der Waals surface area (Å²) in [5.74, 6) is 0.315. The Balaban J connectivity index is 1.17. The molecule has 6 rings (SSSR count). The van der Waals surface area contributed by atoms with Gasteiger partial charge in [-0.3, -0.25) is 14.4 Å². The van der Waals surface area contributed by atoms with Gasteiger partial charge >= 0.3 is 0 Å². The number of nitrogens with zero attached hydrogens (tertiary/aromatic N) is 4. The van der Waals surface area contributed by atoms with Crippen LogP contribution < -0.4 is 21.7 Å². The third-order valence-electron chi connectivity index (χ3n) is 10.6. The summed E-state index contributed by atoms with van der Waals surface area (Å²) >= 11 is 0. The Hall–Kier alpha value is -4.94. The first-order valence-corrected chi connectivity index (χ1v) is 18.0. The van der Waals surface area contributed by atoms with Crippen LogP contribution in [0.15, 0.2) is 60.7 Å². The van der Waals surface area contributed by atoms with Crippen LogP contribution in [0.1, 0.15) is 65.6 Å². The number of tetrazole rings is 1. The van der Waals surface area contributed by atoms with Crippen molar-refractivity contribution >= 4 is 23.4 Å². The maximum Gasteiger partial charge on any atom is 0.251 e. The Bertz CT molecular complexity index is 1790. The number of benzene rings is 3. The van der Waals surface area contributed by atoms with Crippen molar-refractivity contribution < 1.29 is 14.4 Å². The number of H-pyrrole nitrogens is 1. The van der Waals surface area contributed by atoms with Gasteiger partial charge in [0, 0.05) is 35.2 Å². The van der Waals surface area contributed by atoms with Crippen LogP contribution in [-0.4, -0.2) is 82.0 Å². The van der Waals surface area contributed by atoms with Gasteiger partial charge in [-0.15, -0.1) is 10.2 Å². The number of piperidine rings is 1. The molecule has 12 heteroatoms. The lowest BCUT2D eigenvalue weighted by Crippen LogP contribution is -2.48. The molecule has 1 atom stereocenters. The number of nitrogens with one attached hydrogen (secondary N) is 4. The molecule has 6 N–H and O–H groups in total. The summed E-state index contributed by atoms with van der Waals surface area (Å²) in [6.07, 6.45) is 5.57. The van der Waals surface area contributed by atoms with Crippen LogP contribution in [0.25, 0.3) is 22.5 Å². The Morgan fingerprint density at radius 1 is 0.922 bits per heavy atom. The molecule has 3 amide bonds. The van der Waals surface area contributed by atoms with Gasteiger partial charge in [-0.05, 0) is 154 Å². The molecule has 2 heterocycles. The molecule has 1 saturated heterocycles. The van der Waals surface area contributed by atoms with E-state index >= 15 is 0 Å². The summed E-state index contributed by atoms with van der Waals surface area (Å²) in [5, 5.41) is 23.3. The molecule has 12 nitrogen and oxygen atoms in total. The Kier molecular flexibility index (Phi) is 11.5. The van der Waals surface area contributed by atoms with E-state index in [1.807, 2.05) is 43.3 Å². The summed E-state index contributed by atoms with van der Waals surface area (Å²) in [5.41, 5.74) is 12.9. The second-order valence-corrected chi connectivity index (χ2v) is 14.2. The minimum atomic E-state index is -0.789. The molecule has 1 unspecified atom stereocenters. The van der Waals surface area contributed by atoms with Gasteiger partial charge in [0.2, 0.25) is 17.6 Å². The van der Waals surface area contributed by atoms with Crippen LogP contribution in [0.2, 0.25) is 0 Å². The highest BCUT2D eigenvalue weighted by molar-refractivity contribution is 5.98. The van der Waals surface area contributed by atoms with Crippen molar-refractivity contribution in [2.75, 3.05) is 32.0 Å². The summed E-state index contributed by atoms with van der Waals surface area (Å²) < 4.78 is 0. The van der Waals surface area contributed by atoms with Gasteiger partial charge in [-0.2, -0.15) is 5.21 Å². The zero-order chi connectivity index (χ0) is 35.9. The lowest BCUT2D eigenvalue weighted by atomic mass is 9.81. The quantitative estimate of drug-likeness (QED) is 0.154. The zero-order valence-corrected chi connectivity index (χ0v) is 29.7. The number of hydrogen-bond acceptors (Lipinski definition) is 8. The van der Waals surface area contributed by atoms with Crippen molar-refractivity contribution in [3.63, 3.8) is 0 Å². The van der Waals surface area contributed by atoms with E-state index in [0.29, 0.717) is 36.0 Å². The average molecular weight is 692 g/mol. The van der Waals surface area contributed by atoms with Crippen molar-refractivity contribution in [2.45, 2.75) is 70.9 Å². The van der Waals surface area contributed by atoms with Gasteiger partial charge in [0.1, 0.15) is 6.04 Å². The Morgan fingerprint density at radius 2 is 1.61 bits per heavy atom. The van der Waals surface area contributed by atoms with E-state index in [9.17, 15) is 14.4 Å². The maximum atomic E-state index is 13.8. The fourth-order valence-electron chi connectivity index (χ4n) is 7.14. The molecule has 1 aromatic heterocycles. The van der Waals surface area contributed by atoms with Gasteiger partial charge in [-0.25, -0.2) is 0 Å². The van der Waals surface area contributed by atoms with Crippen molar-refractivity contribution in [2.24, 2.45) is 17.6 Å². The summed E-state index contributed by atoms with van der Waals surface area (Å²) in [6, 6.07) is 18.5. The van der Waals surface area contributed by atoms with Gasteiger partial charge in [0.05, 0.1) is 0 Å². The standard InChI is InChI=1S/C39H49N9O3/c1-24-20-31(38(50)41-33-16-18-48(3)19-17-33)22-34(25(24)2)28-8-4-26(5-9-28)21-35(43-37(49)30-10-6-27(23-40)7-11-30)39(51)42-32-14-12-29(13-15-32)36-44-46-47-45-36/h4-5,8-9,12-15,20,22,27,30,33,35H,6-7,10-11,16-19,21,23,40H2,1-3H3,(H,41,50)(H,42,51)(H,43,49)(H,44,45,46,47). The zero-order valence-electron chi connectivity index (χ0n) is 29.7. The number of anilines is 1. The first-order chi connectivity index (χ1) is 24.7. The smallest absolute Gasteiger partial charge is 0.251 e. The molecule has 1 saturated carbocycles. The maximum absolute atomic E-state index is 13.8. The van der Waals surface area contributed by atoms with E-state index in [4.69, 9.17) is 5.73 Å². The molecule has 1 aliphatic heterocycles. The largest absolute Gasteiger partial charge is 0.349 e. The molecular formula is C39H49N9O3. The third kappa shape index (κ3) is 9.05. The number of aryl methyl sites for hydroxylation is 1. The fourth-order valence-corrected chi connectivity index (χ4v) is 7.14. The van der Waals surface area contributed by atoms with Crippen LogP contribution >= 0.6 is 0 Å². The van der Waals surface area contributed by atoms with Gasteiger partial charge in [0.15, 0.2) is 0 Å². The molecule has 0 spiro atoms. The molecule has 1 aliphatic carbocycles. The normalized spacial score (nSPS) is 18.9. The Morgan fingerprint density at radius 3 is 2.25 bits per heavy atom. The van der Waals surface area contributed by atoms with Crippen molar-refractivity contribution in [1.82, 2.24) is 36.2 Å². The number of nitrogens with two attached hydrogens (primary N) is 1. The highest BCUT2D eigenvalue weighted by Gasteiger charge is 2.29. The number of carbonyl (C=O) groups excluding carboxylic acids is 3. The molecule has 0 bridgehead atoms. The van der Waals surface area contributed by atoms with Crippen LogP contribution in [0, 0.1) is 25.7 Å². The predicted octanol–water partition coefficient (Wildman–Crippen LogP) is 4.41. The van der Waals surface area contributed by atoms with E-state index in [-0.39, 0.29) is 29.7 Å². The van der Waals surface area contributed by atoms with Crippen LogP contribution in [0.5, 0.6) is 0 Å². The monoisotopic (exact) mass is 691 g/mol. The number of hydrogen-bond donors (Lipinski definition) is 5. The number of rotatable bonds is 11. The van der Waals surface area contributed by atoms with Crippen molar-refractivity contribution in [1.29, 1.82) is 0 Å². The van der Waals surface area contributed by atoms with E-state index in [2.05, 4.69) is 55.4 Å². The predicted molar refractivity (Wildman–Crippen MR) is 198 cm³/mol. The molecule has 4 aromatic rings. The van der Waals surface area contributed by atoms with E-state index in [0.717, 1.165) is 85.0 Å². The summed E-state index contributed by atoms with van der Waals surface area (Å²) in [7, 11) is 2.11. The van der Waals surface area contributed by atoms with Gasteiger partial charge < -0.3 is 26.6 Å². The molecule has 268 valence electrons. The van der Waals surface area contributed by atoms with Crippen LogP contribution in [0.3, 0.4) is 0 Å². The van der Waals surface area contributed by atoms with Gasteiger partial charge in [0.25, 0.3) is 5.91 Å². The second-order valence-electron chi connectivity index (χ2n) is 14.2. The van der Waals surface area contributed by atoms with Crippen LogP contribution in [0.4, 0.5) is 5.69 Å². The summed E-state index contributed by atoms with van der Waals surface area (Å²) in [4.78, 5) is 42.8. The minimum absolute atomic E-state index is 0.0453. The topological polar surface area (TPSA) is 171 Å². The number of carbonyl (C=O) groups is 3. The molecular weight excluding hydrogens is 642 g/mol. The molecule has 0 radical (unpaired) electrons. The number of amides is 3. The molecule has 3 aromatic carbocycles. The van der Waals surface area contributed by atoms with Crippen molar-refractivity contribution in [3.8, 4) is 22.5 Å².